The molecule has 0 aliphatic heterocycles. The maximum atomic E-state index is 13.1. The van der Waals surface area contributed by atoms with Gasteiger partial charge in [0.1, 0.15) is 11.1 Å². The summed E-state index contributed by atoms with van der Waals surface area (Å²) in [6.45, 7) is 2.12. The minimum atomic E-state index is -0.260. The SMILES string of the molecule is COC(c1cc(SNC(=O)Nc2c3c(cc(C)c2-c2ccn4nccc4c2)CCC3)nn1C)C1CC1. The van der Waals surface area contributed by atoms with Crippen LogP contribution in [0.25, 0.3) is 16.6 Å². The fourth-order valence-corrected chi connectivity index (χ4v) is 6.03. The van der Waals surface area contributed by atoms with Crippen molar-refractivity contribution in [2.24, 2.45) is 13.0 Å². The van der Waals surface area contributed by atoms with E-state index in [1.54, 1.807) is 13.3 Å². The zero-order valence-corrected chi connectivity index (χ0v) is 21.6. The summed E-state index contributed by atoms with van der Waals surface area (Å²) in [5, 5.41) is 12.8. The number of fused-ring (bicyclic) bond motifs is 2. The second kappa shape index (κ2) is 9.29. The average molecular weight is 503 g/mol. The molecule has 1 atom stereocenters. The summed E-state index contributed by atoms with van der Waals surface area (Å²) in [5.74, 6) is 0.558. The Hall–Kier alpha value is -3.30. The third kappa shape index (κ3) is 4.26. The predicted molar refractivity (Wildman–Crippen MR) is 141 cm³/mol. The van der Waals surface area contributed by atoms with Gasteiger partial charge in [0.25, 0.3) is 0 Å². The third-order valence-electron chi connectivity index (χ3n) is 7.26. The van der Waals surface area contributed by atoms with Crippen LogP contribution in [0.4, 0.5) is 10.5 Å². The van der Waals surface area contributed by atoms with Crippen LogP contribution in [0.5, 0.6) is 0 Å². The minimum Gasteiger partial charge on any atom is -0.375 e. The molecule has 2 amide bonds. The van der Waals surface area contributed by atoms with Gasteiger partial charge in [0.2, 0.25) is 0 Å². The van der Waals surface area contributed by atoms with Crippen LogP contribution in [-0.4, -0.2) is 32.5 Å². The molecule has 3 aromatic heterocycles. The fourth-order valence-electron chi connectivity index (χ4n) is 5.44. The number of amides is 2. The molecule has 36 heavy (non-hydrogen) atoms. The van der Waals surface area contributed by atoms with E-state index in [1.807, 2.05) is 34.6 Å². The van der Waals surface area contributed by atoms with Crippen LogP contribution in [0, 0.1) is 12.8 Å². The van der Waals surface area contributed by atoms with Crippen molar-refractivity contribution >= 4 is 29.2 Å². The van der Waals surface area contributed by atoms with Gasteiger partial charge in [0.05, 0.1) is 16.9 Å². The lowest BCUT2D eigenvalue weighted by Gasteiger charge is -2.19. The minimum absolute atomic E-state index is 0.0521. The Balaban J connectivity index is 1.25. The van der Waals surface area contributed by atoms with Crippen molar-refractivity contribution < 1.29 is 9.53 Å². The Bertz CT molecular complexity index is 1450. The first kappa shape index (κ1) is 23.1. The molecule has 0 spiro atoms. The second-order valence-electron chi connectivity index (χ2n) is 9.73. The maximum Gasteiger partial charge on any atom is 0.329 e. The van der Waals surface area contributed by atoms with Gasteiger partial charge in [-0.05, 0) is 91.5 Å². The molecule has 8 nitrogen and oxygen atoms in total. The zero-order chi connectivity index (χ0) is 24.8. The molecule has 3 heterocycles. The highest BCUT2D eigenvalue weighted by Gasteiger charge is 2.34. The van der Waals surface area contributed by atoms with Crippen LogP contribution in [-0.2, 0) is 24.6 Å². The second-order valence-corrected chi connectivity index (χ2v) is 10.6. The molecule has 1 saturated carbocycles. The molecule has 1 unspecified atom stereocenters. The topological polar surface area (TPSA) is 85.5 Å². The number of nitrogens with one attached hydrogen (secondary N) is 2. The van der Waals surface area contributed by atoms with E-state index in [1.165, 1.54) is 35.9 Å². The van der Waals surface area contributed by atoms with Gasteiger partial charge in [-0.15, -0.1) is 0 Å². The molecule has 1 fully saturated rings. The zero-order valence-electron chi connectivity index (χ0n) is 20.7. The number of carbonyl (C=O) groups excluding carboxylic acids is 1. The van der Waals surface area contributed by atoms with E-state index >= 15 is 0 Å². The number of benzene rings is 1. The van der Waals surface area contributed by atoms with Crippen LogP contribution < -0.4 is 10.0 Å². The molecule has 0 saturated heterocycles. The molecule has 4 aromatic rings. The molecule has 186 valence electrons. The summed E-state index contributed by atoms with van der Waals surface area (Å²) < 4.78 is 12.4. The highest BCUT2D eigenvalue weighted by molar-refractivity contribution is 7.97. The van der Waals surface area contributed by atoms with Gasteiger partial charge in [0, 0.05) is 44.1 Å². The Morgan fingerprint density at radius 1 is 1.22 bits per heavy atom. The van der Waals surface area contributed by atoms with Crippen molar-refractivity contribution in [1.82, 2.24) is 24.1 Å². The fraction of sp³-hybridized carbons (Fsp3) is 0.370. The van der Waals surface area contributed by atoms with E-state index in [9.17, 15) is 4.79 Å². The number of carbonyl (C=O) groups is 1. The normalized spacial score (nSPS) is 15.8. The lowest BCUT2D eigenvalue weighted by Crippen LogP contribution is -2.24. The highest BCUT2D eigenvalue weighted by Crippen LogP contribution is 2.43. The summed E-state index contributed by atoms with van der Waals surface area (Å²) in [4.78, 5) is 13.1. The summed E-state index contributed by atoms with van der Waals surface area (Å²) in [6, 6.07) is 10.2. The van der Waals surface area contributed by atoms with Crippen molar-refractivity contribution in [3.05, 3.63) is 65.1 Å². The van der Waals surface area contributed by atoms with E-state index in [4.69, 9.17) is 4.74 Å². The predicted octanol–water partition coefficient (Wildman–Crippen LogP) is 5.46. The van der Waals surface area contributed by atoms with Gasteiger partial charge < -0.3 is 10.1 Å². The van der Waals surface area contributed by atoms with Gasteiger partial charge in [0.15, 0.2) is 0 Å². The third-order valence-corrected chi connectivity index (χ3v) is 7.96. The molecule has 2 N–H and O–H groups in total. The number of hydrogen-bond acceptors (Lipinski definition) is 5. The lowest BCUT2D eigenvalue weighted by molar-refractivity contribution is 0.0778. The average Bonchev–Trinajstić information content (AvgIpc) is 3.24. The van der Waals surface area contributed by atoms with Gasteiger partial charge in [-0.25, -0.2) is 9.31 Å². The van der Waals surface area contributed by atoms with Crippen molar-refractivity contribution in [3.8, 4) is 11.1 Å². The van der Waals surface area contributed by atoms with Gasteiger partial charge >= 0.3 is 6.03 Å². The molecular formula is C27H30N6O2S. The van der Waals surface area contributed by atoms with Crippen molar-refractivity contribution in [2.75, 3.05) is 12.4 Å². The molecule has 1 aromatic carbocycles. The quantitative estimate of drug-likeness (QED) is 0.328. The lowest BCUT2D eigenvalue weighted by atomic mass is 9.93. The monoisotopic (exact) mass is 502 g/mol. The van der Waals surface area contributed by atoms with Gasteiger partial charge in [-0.2, -0.15) is 10.2 Å². The standard InChI is InChI=1S/C27H30N6O2S/c1-16-13-18-5-4-6-21(18)25(24(16)19-10-12-33-20(14-19)9-11-28-33)29-27(34)31-36-23-15-22(32(2)30-23)26(35-3)17-7-8-17/h9-15,17,26H,4-8H2,1-3H3,(H2,29,31,34). The number of methoxy groups -OCH3 is 1. The van der Waals surface area contributed by atoms with E-state index in [0.29, 0.717) is 5.92 Å². The highest BCUT2D eigenvalue weighted by atomic mass is 32.2. The van der Waals surface area contributed by atoms with E-state index < -0.39 is 0 Å². The van der Waals surface area contributed by atoms with Gasteiger partial charge in [-0.1, -0.05) is 6.07 Å². The van der Waals surface area contributed by atoms with Crippen LogP contribution in [0.15, 0.2) is 47.8 Å². The molecule has 9 heteroatoms. The Morgan fingerprint density at radius 2 is 2.08 bits per heavy atom. The van der Waals surface area contributed by atoms with E-state index in [2.05, 4.69) is 45.4 Å². The van der Waals surface area contributed by atoms with Crippen molar-refractivity contribution in [3.63, 3.8) is 0 Å². The summed E-state index contributed by atoms with van der Waals surface area (Å²) in [5.41, 5.74) is 8.80. The van der Waals surface area contributed by atoms with Gasteiger partial charge in [-0.3, -0.25) is 9.40 Å². The number of aromatic nitrogens is 4. The van der Waals surface area contributed by atoms with Crippen LogP contribution in [0.3, 0.4) is 0 Å². The molecule has 2 aliphatic rings. The largest absolute Gasteiger partial charge is 0.375 e. The summed E-state index contributed by atoms with van der Waals surface area (Å²) in [7, 11) is 3.67. The smallest absolute Gasteiger partial charge is 0.329 e. The summed E-state index contributed by atoms with van der Waals surface area (Å²) >= 11 is 1.22. The Morgan fingerprint density at radius 3 is 2.89 bits per heavy atom. The molecule has 0 bridgehead atoms. The molecule has 2 aliphatic carbocycles. The Labute approximate surface area is 214 Å². The Kier molecular flexibility index (Phi) is 5.97. The number of urea groups is 1. The number of ether oxygens (including phenoxy) is 1. The number of rotatable bonds is 7. The number of pyridine rings is 1. The van der Waals surface area contributed by atoms with Crippen molar-refractivity contribution in [1.29, 1.82) is 0 Å². The van der Waals surface area contributed by atoms with E-state index in [-0.39, 0.29) is 12.1 Å². The van der Waals surface area contributed by atoms with Crippen molar-refractivity contribution in [2.45, 2.75) is 50.2 Å². The first-order valence-corrected chi connectivity index (χ1v) is 13.2. The first-order chi connectivity index (χ1) is 17.5. The number of nitrogens with zero attached hydrogens (tertiary/aromatic N) is 4. The van der Waals surface area contributed by atoms with Crippen LogP contribution in [0.1, 0.15) is 47.8 Å². The maximum absolute atomic E-state index is 13.1. The first-order valence-electron chi connectivity index (χ1n) is 12.4. The molecule has 6 rings (SSSR count). The number of anilines is 1. The number of aryl methyl sites for hydroxylation is 3. The van der Waals surface area contributed by atoms with Crippen LogP contribution >= 0.6 is 11.9 Å². The molecule has 0 radical (unpaired) electrons. The summed E-state index contributed by atoms with van der Waals surface area (Å²) in [6.07, 6.45) is 9.28. The van der Waals surface area contributed by atoms with Crippen LogP contribution in [0.2, 0.25) is 0 Å². The van der Waals surface area contributed by atoms with E-state index in [0.717, 1.165) is 57.9 Å². The molecular weight excluding hydrogens is 472 g/mol. The number of hydrogen-bond donors (Lipinski definition) is 2.